The highest BCUT2D eigenvalue weighted by atomic mass is 15.2. The molecule has 0 aliphatic rings. The second-order valence-electron chi connectivity index (χ2n) is 5.12. The van der Waals surface area contributed by atoms with Crippen LogP contribution in [0, 0.1) is 13.8 Å². The molecule has 0 radical (unpaired) electrons. The number of hydrogen-bond acceptors (Lipinski definition) is 3. The van der Waals surface area contributed by atoms with Gasteiger partial charge in [0.2, 0.25) is 0 Å². The molecule has 1 aromatic heterocycles. The summed E-state index contributed by atoms with van der Waals surface area (Å²) >= 11 is 0. The Bertz CT molecular complexity index is 574. The molecule has 0 saturated heterocycles. The van der Waals surface area contributed by atoms with Crippen molar-refractivity contribution in [3.05, 3.63) is 41.0 Å². The first kappa shape index (κ1) is 14.5. The first-order chi connectivity index (χ1) is 9.67. The van der Waals surface area contributed by atoms with Crippen molar-refractivity contribution >= 4 is 5.82 Å². The highest BCUT2D eigenvalue weighted by Gasteiger charge is 2.10. The Hall–Kier alpha value is -1.90. The van der Waals surface area contributed by atoms with E-state index in [2.05, 4.69) is 67.5 Å². The molecule has 1 heterocycles. The fourth-order valence-electron chi connectivity index (χ4n) is 2.19. The lowest BCUT2D eigenvalue weighted by Crippen LogP contribution is -2.07. The highest BCUT2D eigenvalue weighted by Crippen LogP contribution is 2.26. The van der Waals surface area contributed by atoms with Gasteiger partial charge >= 0.3 is 0 Å². The quantitative estimate of drug-likeness (QED) is 0.886. The van der Waals surface area contributed by atoms with E-state index in [0.717, 1.165) is 36.5 Å². The lowest BCUT2D eigenvalue weighted by Gasteiger charge is -2.12. The van der Waals surface area contributed by atoms with Crippen LogP contribution in [0.15, 0.2) is 24.3 Å². The molecule has 20 heavy (non-hydrogen) atoms. The van der Waals surface area contributed by atoms with E-state index in [4.69, 9.17) is 0 Å². The number of nitrogens with zero attached hydrogens (tertiary/aromatic N) is 2. The molecule has 1 aromatic carbocycles. The van der Waals surface area contributed by atoms with E-state index in [1.807, 2.05) is 0 Å². The minimum absolute atomic E-state index is 0.901. The van der Waals surface area contributed by atoms with E-state index in [9.17, 15) is 0 Å². The minimum atomic E-state index is 0.901. The van der Waals surface area contributed by atoms with Crippen LogP contribution < -0.4 is 5.32 Å². The summed E-state index contributed by atoms with van der Waals surface area (Å²) in [6.45, 7) is 9.46. The summed E-state index contributed by atoms with van der Waals surface area (Å²) in [6.07, 6.45) is 2.14. The number of aromatic nitrogens is 2. The van der Waals surface area contributed by atoms with Gasteiger partial charge in [-0.15, -0.1) is 10.2 Å². The Kier molecular flexibility index (Phi) is 4.72. The summed E-state index contributed by atoms with van der Waals surface area (Å²) in [5.41, 5.74) is 5.84. The normalized spacial score (nSPS) is 10.6. The van der Waals surface area contributed by atoms with Crippen LogP contribution in [0.4, 0.5) is 5.82 Å². The molecule has 0 aliphatic heterocycles. The molecular formula is C17H23N3. The number of anilines is 1. The van der Waals surface area contributed by atoms with E-state index in [1.54, 1.807) is 0 Å². The summed E-state index contributed by atoms with van der Waals surface area (Å²) < 4.78 is 0. The number of rotatable bonds is 5. The Morgan fingerprint density at radius 1 is 0.950 bits per heavy atom. The average molecular weight is 269 g/mol. The molecule has 0 aliphatic carbocycles. The second-order valence-corrected chi connectivity index (χ2v) is 5.12. The van der Waals surface area contributed by atoms with Crippen molar-refractivity contribution in [2.24, 2.45) is 0 Å². The Morgan fingerprint density at radius 2 is 1.65 bits per heavy atom. The maximum Gasteiger partial charge on any atom is 0.151 e. The Balaban J connectivity index is 2.34. The van der Waals surface area contributed by atoms with Gasteiger partial charge in [0.25, 0.3) is 0 Å². The SMILES string of the molecule is CCCNc1nnc(-c2ccc(CC)cc2)c(C)c1C. The highest BCUT2D eigenvalue weighted by molar-refractivity contribution is 5.66. The summed E-state index contributed by atoms with van der Waals surface area (Å²) in [5.74, 6) is 0.901. The molecule has 0 fully saturated rings. The first-order valence-corrected chi connectivity index (χ1v) is 7.34. The lowest BCUT2D eigenvalue weighted by molar-refractivity contribution is 0.932. The van der Waals surface area contributed by atoms with Crippen LogP contribution in [0.25, 0.3) is 11.3 Å². The molecule has 1 N–H and O–H groups in total. The van der Waals surface area contributed by atoms with Gasteiger partial charge in [-0.1, -0.05) is 38.1 Å². The smallest absolute Gasteiger partial charge is 0.151 e. The zero-order valence-electron chi connectivity index (χ0n) is 12.8. The van der Waals surface area contributed by atoms with Crippen molar-refractivity contribution in [1.29, 1.82) is 0 Å². The van der Waals surface area contributed by atoms with Gasteiger partial charge in [-0.3, -0.25) is 0 Å². The number of hydrogen-bond donors (Lipinski definition) is 1. The molecule has 2 rings (SSSR count). The van der Waals surface area contributed by atoms with Crippen LogP contribution in [0.1, 0.15) is 37.0 Å². The summed E-state index contributed by atoms with van der Waals surface area (Å²) in [5, 5.41) is 12.1. The molecule has 0 unspecified atom stereocenters. The summed E-state index contributed by atoms with van der Waals surface area (Å²) in [7, 11) is 0. The van der Waals surface area contributed by atoms with Crippen molar-refractivity contribution < 1.29 is 0 Å². The van der Waals surface area contributed by atoms with Crippen molar-refractivity contribution in [3.63, 3.8) is 0 Å². The first-order valence-electron chi connectivity index (χ1n) is 7.34. The number of nitrogens with one attached hydrogen (secondary N) is 1. The van der Waals surface area contributed by atoms with Crippen molar-refractivity contribution in [2.75, 3.05) is 11.9 Å². The molecule has 3 heteroatoms. The van der Waals surface area contributed by atoms with E-state index < -0.39 is 0 Å². The van der Waals surface area contributed by atoms with Gasteiger partial charge in [-0.05, 0) is 43.4 Å². The Morgan fingerprint density at radius 3 is 2.25 bits per heavy atom. The molecule has 2 aromatic rings. The van der Waals surface area contributed by atoms with Crippen molar-refractivity contribution in [1.82, 2.24) is 10.2 Å². The lowest BCUT2D eigenvalue weighted by atomic mass is 10.0. The largest absolute Gasteiger partial charge is 0.368 e. The minimum Gasteiger partial charge on any atom is -0.368 e. The fourth-order valence-corrected chi connectivity index (χ4v) is 2.19. The zero-order valence-corrected chi connectivity index (χ0v) is 12.8. The molecule has 0 amide bonds. The number of benzene rings is 1. The third-order valence-corrected chi connectivity index (χ3v) is 3.70. The molecule has 3 nitrogen and oxygen atoms in total. The zero-order chi connectivity index (χ0) is 14.5. The third kappa shape index (κ3) is 2.98. The fraction of sp³-hybridized carbons (Fsp3) is 0.412. The molecule has 0 saturated carbocycles. The van der Waals surface area contributed by atoms with Gasteiger partial charge in [0.1, 0.15) is 0 Å². The maximum absolute atomic E-state index is 4.41. The van der Waals surface area contributed by atoms with Crippen LogP contribution in [0.5, 0.6) is 0 Å². The van der Waals surface area contributed by atoms with Gasteiger partial charge in [0, 0.05) is 12.1 Å². The molecule has 0 bridgehead atoms. The van der Waals surface area contributed by atoms with Gasteiger partial charge in [-0.25, -0.2) is 0 Å². The predicted molar refractivity (Wildman–Crippen MR) is 85.1 cm³/mol. The summed E-state index contributed by atoms with van der Waals surface area (Å²) in [6, 6.07) is 8.59. The van der Waals surface area contributed by atoms with Crippen LogP contribution in [0.2, 0.25) is 0 Å². The molecule has 106 valence electrons. The van der Waals surface area contributed by atoms with Gasteiger partial charge in [0.05, 0.1) is 5.69 Å². The predicted octanol–water partition coefficient (Wildman–Crippen LogP) is 4.14. The Labute approximate surface area is 121 Å². The van der Waals surface area contributed by atoms with E-state index in [1.165, 1.54) is 16.7 Å². The monoisotopic (exact) mass is 269 g/mol. The van der Waals surface area contributed by atoms with Crippen LogP contribution >= 0.6 is 0 Å². The van der Waals surface area contributed by atoms with Crippen molar-refractivity contribution in [3.8, 4) is 11.3 Å². The van der Waals surface area contributed by atoms with E-state index in [0.29, 0.717) is 0 Å². The average Bonchev–Trinajstić information content (AvgIpc) is 2.49. The van der Waals surface area contributed by atoms with Crippen LogP contribution in [0.3, 0.4) is 0 Å². The van der Waals surface area contributed by atoms with Crippen molar-refractivity contribution in [2.45, 2.75) is 40.5 Å². The van der Waals surface area contributed by atoms with Crippen LogP contribution in [-0.2, 0) is 6.42 Å². The van der Waals surface area contributed by atoms with Gasteiger partial charge < -0.3 is 5.32 Å². The molecule has 0 atom stereocenters. The standard InChI is InChI=1S/C17H23N3/c1-5-11-18-17-13(4)12(3)16(19-20-17)15-9-7-14(6-2)8-10-15/h7-10H,5-6,11H2,1-4H3,(H,18,20). The van der Waals surface area contributed by atoms with E-state index in [-0.39, 0.29) is 0 Å². The van der Waals surface area contributed by atoms with Crippen LogP contribution in [-0.4, -0.2) is 16.7 Å². The second kappa shape index (κ2) is 6.51. The molecular weight excluding hydrogens is 246 g/mol. The molecule has 0 spiro atoms. The number of aryl methyl sites for hydroxylation is 1. The summed E-state index contributed by atoms with van der Waals surface area (Å²) in [4.78, 5) is 0. The third-order valence-electron chi connectivity index (χ3n) is 3.70. The van der Waals surface area contributed by atoms with Gasteiger partial charge in [-0.2, -0.15) is 0 Å². The van der Waals surface area contributed by atoms with Gasteiger partial charge in [0.15, 0.2) is 5.82 Å². The van der Waals surface area contributed by atoms with E-state index >= 15 is 0 Å². The topological polar surface area (TPSA) is 37.8 Å². The maximum atomic E-state index is 4.41.